The SMILES string of the molecule is Cc1cc(O)ccc1NC1c2ccccc2OC1(C)C. The molecular weight excluding hydrogens is 250 g/mol. The highest BCUT2D eigenvalue weighted by Gasteiger charge is 2.41. The molecule has 1 unspecified atom stereocenters. The lowest BCUT2D eigenvalue weighted by Crippen LogP contribution is -2.34. The lowest BCUT2D eigenvalue weighted by Gasteiger charge is -2.28. The Kier molecular flexibility index (Phi) is 2.85. The number of aryl methyl sites for hydroxylation is 1. The Morgan fingerprint density at radius 1 is 1.15 bits per heavy atom. The van der Waals surface area contributed by atoms with Gasteiger partial charge in [-0.1, -0.05) is 18.2 Å². The summed E-state index contributed by atoms with van der Waals surface area (Å²) in [6, 6.07) is 13.6. The van der Waals surface area contributed by atoms with Crippen LogP contribution in [0.1, 0.15) is 31.0 Å². The summed E-state index contributed by atoms with van der Waals surface area (Å²) in [7, 11) is 0. The van der Waals surface area contributed by atoms with Crippen molar-refractivity contribution in [2.45, 2.75) is 32.4 Å². The fourth-order valence-electron chi connectivity index (χ4n) is 2.75. The first-order valence-electron chi connectivity index (χ1n) is 6.81. The zero-order valence-electron chi connectivity index (χ0n) is 12.0. The van der Waals surface area contributed by atoms with Crippen molar-refractivity contribution in [1.82, 2.24) is 0 Å². The van der Waals surface area contributed by atoms with Gasteiger partial charge in [-0.25, -0.2) is 0 Å². The standard InChI is InChI=1S/C17H19NO2/c1-11-10-12(19)8-9-14(11)18-16-13-6-4-5-7-15(13)20-17(16,2)3/h4-10,16,18-19H,1-3H3. The highest BCUT2D eigenvalue weighted by molar-refractivity contribution is 5.57. The topological polar surface area (TPSA) is 41.5 Å². The number of fused-ring (bicyclic) bond motifs is 1. The number of phenols is 1. The van der Waals surface area contributed by atoms with Crippen LogP contribution < -0.4 is 10.1 Å². The predicted octanol–water partition coefficient (Wildman–Crippen LogP) is 4.02. The largest absolute Gasteiger partial charge is 0.508 e. The minimum Gasteiger partial charge on any atom is -0.508 e. The van der Waals surface area contributed by atoms with Crippen molar-refractivity contribution >= 4 is 5.69 Å². The van der Waals surface area contributed by atoms with Crippen LogP contribution in [0.15, 0.2) is 42.5 Å². The van der Waals surface area contributed by atoms with Crippen LogP contribution in [0, 0.1) is 6.92 Å². The van der Waals surface area contributed by atoms with E-state index in [2.05, 4.69) is 25.2 Å². The Balaban J connectivity index is 1.97. The zero-order valence-corrected chi connectivity index (χ0v) is 12.0. The first-order chi connectivity index (χ1) is 9.47. The van der Waals surface area contributed by atoms with Gasteiger partial charge in [0.1, 0.15) is 17.1 Å². The van der Waals surface area contributed by atoms with Crippen molar-refractivity contribution < 1.29 is 9.84 Å². The summed E-state index contributed by atoms with van der Waals surface area (Å²) < 4.78 is 6.03. The second-order valence-corrected chi connectivity index (χ2v) is 5.82. The van der Waals surface area contributed by atoms with E-state index in [0.29, 0.717) is 0 Å². The fraction of sp³-hybridized carbons (Fsp3) is 0.294. The third-order valence-corrected chi connectivity index (χ3v) is 3.81. The van der Waals surface area contributed by atoms with Crippen LogP contribution in [0.5, 0.6) is 11.5 Å². The molecule has 3 heteroatoms. The molecule has 1 aliphatic rings. The van der Waals surface area contributed by atoms with Crippen molar-refractivity contribution in [2.75, 3.05) is 5.32 Å². The van der Waals surface area contributed by atoms with Gasteiger partial charge in [0.05, 0.1) is 6.04 Å². The number of benzene rings is 2. The molecule has 20 heavy (non-hydrogen) atoms. The van der Waals surface area contributed by atoms with Gasteiger partial charge in [-0.15, -0.1) is 0 Å². The molecule has 1 aliphatic heterocycles. The molecule has 2 aromatic rings. The Hall–Kier alpha value is -2.16. The lowest BCUT2D eigenvalue weighted by molar-refractivity contribution is 0.118. The van der Waals surface area contributed by atoms with E-state index in [9.17, 15) is 5.11 Å². The third kappa shape index (κ3) is 2.09. The molecule has 0 aliphatic carbocycles. The van der Waals surface area contributed by atoms with Gasteiger partial charge in [0, 0.05) is 11.3 Å². The average Bonchev–Trinajstić information content (AvgIpc) is 2.63. The van der Waals surface area contributed by atoms with Gasteiger partial charge in [0.2, 0.25) is 0 Å². The molecule has 2 N–H and O–H groups in total. The van der Waals surface area contributed by atoms with Gasteiger partial charge < -0.3 is 15.2 Å². The van der Waals surface area contributed by atoms with E-state index < -0.39 is 0 Å². The minimum absolute atomic E-state index is 0.0851. The van der Waals surface area contributed by atoms with Crippen LogP contribution in [0.25, 0.3) is 0 Å². The van der Waals surface area contributed by atoms with Gasteiger partial charge in [0.15, 0.2) is 0 Å². The molecule has 1 atom stereocenters. The molecule has 3 nitrogen and oxygen atoms in total. The molecule has 0 amide bonds. The molecule has 0 saturated carbocycles. The Bertz CT molecular complexity index is 649. The molecule has 104 valence electrons. The number of nitrogens with one attached hydrogen (secondary N) is 1. The molecule has 0 radical (unpaired) electrons. The number of hydrogen-bond acceptors (Lipinski definition) is 3. The molecule has 0 saturated heterocycles. The van der Waals surface area contributed by atoms with Gasteiger partial charge >= 0.3 is 0 Å². The van der Waals surface area contributed by atoms with E-state index in [4.69, 9.17) is 4.74 Å². The van der Waals surface area contributed by atoms with Gasteiger partial charge in [0.25, 0.3) is 0 Å². The fourth-order valence-corrected chi connectivity index (χ4v) is 2.75. The summed E-state index contributed by atoms with van der Waals surface area (Å²) in [6.45, 7) is 6.15. The first-order valence-corrected chi connectivity index (χ1v) is 6.81. The quantitative estimate of drug-likeness (QED) is 0.809. The van der Waals surface area contributed by atoms with E-state index in [1.165, 1.54) is 5.56 Å². The van der Waals surface area contributed by atoms with Crippen molar-refractivity contribution in [3.63, 3.8) is 0 Å². The van der Waals surface area contributed by atoms with Gasteiger partial charge in [-0.05, 0) is 50.6 Å². The summed E-state index contributed by atoms with van der Waals surface area (Å²) >= 11 is 0. The van der Waals surface area contributed by atoms with Crippen LogP contribution in [0.4, 0.5) is 5.69 Å². The van der Waals surface area contributed by atoms with Gasteiger partial charge in [-0.2, -0.15) is 0 Å². The maximum absolute atomic E-state index is 9.51. The van der Waals surface area contributed by atoms with E-state index in [-0.39, 0.29) is 17.4 Å². The molecule has 1 heterocycles. The normalized spacial score (nSPS) is 19.2. The molecular formula is C17H19NO2. The van der Waals surface area contributed by atoms with E-state index in [1.807, 2.05) is 31.2 Å². The van der Waals surface area contributed by atoms with Crippen LogP contribution in [-0.2, 0) is 0 Å². The molecule has 0 spiro atoms. The minimum atomic E-state index is -0.311. The Labute approximate surface area is 119 Å². The highest BCUT2D eigenvalue weighted by Crippen LogP contribution is 2.44. The van der Waals surface area contributed by atoms with E-state index in [1.54, 1.807) is 12.1 Å². The number of rotatable bonds is 2. The van der Waals surface area contributed by atoms with Crippen molar-refractivity contribution in [1.29, 1.82) is 0 Å². The van der Waals surface area contributed by atoms with Crippen molar-refractivity contribution in [3.8, 4) is 11.5 Å². The smallest absolute Gasteiger partial charge is 0.128 e. The van der Waals surface area contributed by atoms with Crippen molar-refractivity contribution in [3.05, 3.63) is 53.6 Å². The molecule has 3 rings (SSSR count). The van der Waals surface area contributed by atoms with E-state index >= 15 is 0 Å². The summed E-state index contributed by atoms with van der Waals surface area (Å²) in [5.41, 5.74) is 2.89. The first kappa shape index (κ1) is 12.9. The third-order valence-electron chi connectivity index (χ3n) is 3.81. The number of ether oxygens (including phenoxy) is 1. The number of phenolic OH excluding ortho intramolecular Hbond substituents is 1. The second-order valence-electron chi connectivity index (χ2n) is 5.82. The van der Waals surface area contributed by atoms with Crippen LogP contribution in [0.3, 0.4) is 0 Å². The van der Waals surface area contributed by atoms with Crippen molar-refractivity contribution in [2.24, 2.45) is 0 Å². The Morgan fingerprint density at radius 2 is 1.90 bits per heavy atom. The maximum atomic E-state index is 9.51. The lowest BCUT2D eigenvalue weighted by atomic mass is 9.94. The Morgan fingerprint density at radius 3 is 2.65 bits per heavy atom. The van der Waals surface area contributed by atoms with Crippen LogP contribution in [0.2, 0.25) is 0 Å². The molecule has 0 aromatic heterocycles. The van der Waals surface area contributed by atoms with Crippen LogP contribution >= 0.6 is 0 Å². The molecule has 2 aromatic carbocycles. The number of hydrogen-bond donors (Lipinski definition) is 2. The number of para-hydroxylation sites is 1. The number of anilines is 1. The van der Waals surface area contributed by atoms with Crippen LogP contribution in [-0.4, -0.2) is 10.7 Å². The summed E-state index contributed by atoms with van der Waals surface area (Å²) in [5.74, 6) is 1.22. The second kappa shape index (κ2) is 4.44. The van der Waals surface area contributed by atoms with Gasteiger partial charge in [-0.3, -0.25) is 0 Å². The monoisotopic (exact) mass is 269 g/mol. The maximum Gasteiger partial charge on any atom is 0.128 e. The summed E-state index contributed by atoms with van der Waals surface area (Å²) in [6.07, 6.45) is 0. The van der Waals surface area contributed by atoms with E-state index in [0.717, 1.165) is 17.0 Å². The zero-order chi connectivity index (χ0) is 14.3. The predicted molar refractivity (Wildman–Crippen MR) is 80.4 cm³/mol. The summed E-state index contributed by atoms with van der Waals surface area (Å²) in [5, 5.41) is 13.1. The number of aromatic hydroxyl groups is 1. The average molecular weight is 269 g/mol. The molecule has 0 bridgehead atoms. The molecule has 0 fully saturated rings. The highest BCUT2D eigenvalue weighted by atomic mass is 16.5. The summed E-state index contributed by atoms with van der Waals surface area (Å²) in [4.78, 5) is 0.